The van der Waals surface area contributed by atoms with E-state index in [9.17, 15) is 4.79 Å². The second kappa shape index (κ2) is 7.20. The Morgan fingerprint density at radius 1 is 1.12 bits per heavy atom. The van der Waals surface area contributed by atoms with Crippen molar-refractivity contribution in [1.82, 2.24) is 0 Å². The van der Waals surface area contributed by atoms with Crippen molar-refractivity contribution in [3.05, 3.63) is 12.2 Å². The first-order valence-electron chi connectivity index (χ1n) is 9.26. The summed E-state index contributed by atoms with van der Waals surface area (Å²) in [5.74, 6) is -1.43. The van der Waals surface area contributed by atoms with Crippen LogP contribution < -0.4 is 0 Å². The van der Waals surface area contributed by atoms with Crippen LogP contribution in [0.4, 0.5) is 0 Å². The molecule has 3 aliphatic heterocycles. The SMILES string of the molecule is CC(C)C/C=C/C(=O)O[C@H]1[C@H]2OC(C)(C)O[C@H]2O[C@@H]1[C@H]1COC(C)(C)O1. The molecule has 0 aliphatic carbocycles. The summed E-state index contributed by atoms with van der Waals surface area (Å²) in [5.41, 5.74) is 0. The maximum absolute atomic E-state index is 12.3. The standard InChI is InChI=1S/C19H30O7/c1-11(2)8-7-9-13(20)22-15-14(12-10-21-18(3,4)24-12)23-17-16(15)25-19(5,6)26-17/h7,9,11-12,14-17H,8,10H2,1-6H3/b9-7+/t12-,14-,15-,16-,17-/m1/s1. The average molecular weight is 370 g/mol. The first-order chi connectivity index (χ1) is 12.1. The molecule has 148 valence electrons. The topological polar surface area (TPSA) is 72.5 Å². The van der Waals surface area contributed by atoms with Crippen molar-refractivity contribution in [1.29, 1.82) is 0 Å². The third kappa shape index (κ3) is 4.46. The molecule has 0 unspecified atom stereocenters. The molecule has 0 amide bonds. The summed E-state index contributed by atoms with van der Waals surface area (Å²) in [7, 11) is 0. The largest absolute Gasteiger partial charge is 0.453 e. The van der Waals surface area contributed by atoms with Crippen LogP contribution in [0.1, 0.15) is 48.0 Å². The summed E-state index contributed by atoms with van der Waals surface area (Å²) in [4.78, 5) is 12.3. The van der Waals surface area contributed by atoms with Gasteiger partial charge in [-0.3, -0.25) is 0 Å². The Morgan fingerprint density at radius 3 is 2.46 bits per heavy atom. The lowest BCUT2D eigenvalue weighted by Crippen LogP contribution is -2.45. The molecule has 0 N–H and O–H groups in total. The van der Waals surface area contributed by atoms with E-state index in [0.29, 0.717) is 12.5 Å². The molecular formula is C19H30O7. The molecule has 3 aliphatic rings. The fraction of sp³-hybridized carbons (Fsp3) is 0.842. The predicted octanol–water partition coefficient (Wildman–Crippen LogP) is 2.53. The van der Waals surface area contributed by atoms with Crippen LogP contribution in [0.25, 0.3) is 0 Å². The van der Waals surface area contributed by atoms with E-state index in [1.54, 1.807) is 0 Å². The van der Waals surface area contributed by atoms with E-state index in [2.05, 4.69) is 13.8 Å². The summed E-state index contributed by atoms with van der Waals surface area (Å²) >= 11 is 0. The Kier molecular flexibility index (Phi) is 5.48. The fourth-order valence-corrected chi connectivity index (χ4v) is 3.42. The first-order valence-corrected chi connectivity index (χ1v) is 9.26. The number of rotatable bonds is 5. The Bertz CT molecular complexity index is 554. The average Bonchev–Trinajstić information content (AvgIpc) is 3.09. The normalized spacial score (nSPS) is 38.2. The second-order valence-electron chi connectivity index (χ2n) is 8.37. The van der Waals surface area contributed by atoms with Crippen molar-refractivity contribution < 1.29 is 33.2 Å². The van der Waals surface area contributed by atoms with Crippen molar-refractivity contribution in [3.8, 4) is 0 Å². The van der Waals surface area contributed by atoms with Gasteiger partial charge in [0.1, 0.15) is 12.2 Å². The van der Waals surface area contributed by atoms with E-state index in [-0.39, 0.29) is 6.10 Å². The van der Waals surface area contributed by atoms with Crippen LogP contribution in [0.15, 0.2) is 12.2 Å². The van der Waals surface area contributed by atoms with Gasteiger partial charge < -0.3 is 28.4 Å². The van der Waals surface area contributed by atoms with Crippen molar-refractivity contribution in [3.63, 3.8) is 0 Å². The molecule has 3 rings (SSSR count). The van der Waals surface area contributed by atoms with Crippen molar-refractivity contribution in [2.75, 3.05) is 6.61 Å². The number of esters is 1. The van der Waals surface area contributed by atoms with Crippen LogP contribution in [0.3, 0.4) is 0 Å². The van der Waals surface area contributed by atoms with E-state index < -0.39 is 42.1 Å². The maximum Gasteiger partial charge on any atom is 0.330 e. The molecule has 0 spiro atoms. The van der Waals surface area contributed by atoms with Gasteiger partial charge in [-0.2, -0.15) is 0 Å². The van der Waals surface area contributed by atoms with Gasteiger partial charge >= 0.3 is 5.97 Å². The molecule has 0 aromatic carbocycles. The van der Waals surface area contributed by atoms with Gasteiger partial charge in [0.15, 0.2) is 30.1 Å². The summed E-state index contributed by atoms with van der Waals surface area (Å²) in [6.07, 6.45) is 1.51. The predicted molar refractivity (Wildman–Crippen MR) is 92.1 cm³/mol. The van der Waals surface area contributed by atoms with Gasteiger partial charge in [0, 0.05) is 6.08 Å². The quantitative estimate of drug-likeness (QED) is 0.544. The van der Waals surface area contributed by atoms with Crippen LogP contribution in [0.5, 0.6) is 0 Å². The van der Waals surface area contributed by atoms with Gasteiger partial charge in [-0.05, 0) is 40.0 Å². The fourth-order valence-electron chi connectivity index (χ4n) is 3.42. The number of allylic oxidation sites excluding steroid dienone is 1. The molecule has 0 bridgehead atoms. The van der Waals surface area contributed by atoms with Crippen molar-refractivity contribution in [2.45, 2.75) is 90.2 Å². The zero-order chi connectivity index (χ0) is 19.1. The van der Waals surface area contributed by atoms with E-state index in [0.717, 1.165) is 6.42 Å². The van der Waals surface area contributed by atoms with Gasteiger partial charge in [0.25, 0.3) is 0 Å². The molecule has 3 heterocycles. The monoisotopic (exact) mass is 370 g/mol. The van der Waals surface area contributed by atoms with Crippen molar-refractivity contribution in [2.24, 2.45) is 5.92 Å². The zero-order valence-electron chi connectivity index (χ0n) is 16.4. The van der Waals surface area contributed by atoms with Crippen LogP contribution in [-0.4, -0.2) is 54.9 Å². The summed E-state index contributed by atoms with van der Waals surface area (Å²) < 4.78 is 35.0. The lowest BCUT2D eigenvalue weighted by molar-refractivity contribution is -0.234. The van der Waals surface area contributed by atoms with Gasteiger partial charge in [-0.25, -0.2) is 4.79 Å². The number of fused-ring (bicyclic) bond motifs is 1. The third-order valence-electron chi connectivity index (χ3n) is 4.54. The number of hydrogen-bond acceptors (Lipinski definition) is 7. The number of hydrogen-bond donors (Lipinski definition) is 0. The summed E-state index contributed by atoms with van der Waals surface area (Å²) in [6.45, 7) is 11.8. The van der Waals surface area contributed by atoms with Crippen LogP contribution >= 0.6 is 0 Å². The Labute approximate surface area is 154 Å². The molecule has 3 saturated heterocycles. The molecule has 3 fully saturated rings. The highest BCUT2D eigenvalue weighted by molar-refractivity contribution is 5.82. The highest BCUT2D eigenvalue weighted by Crippen LogP contribution is 2.41. The van der Waals surface area contributed by atoms with Gasteiger partial charge in [-0.15, -0.1) is 0 Å². The highest BCUT2D eigenvalue weighted by atomic mass is 16.8. The van der Waals surface area contributed by atoms with E-state index in [1.807, 2.05) is 33.8 Å². The lowest BCUT2D eigenvalue weighted by Gasteiger charge is -2.28. The Balaban J connectivity index is 1.70. The first kappa shape index (κ1) is 19.8. The third-order valence-corrected chi connectivity index (χ3v) is 4.54. The number of carbonyl (C=O) groups excluding carboxylic acids is 1. The van der Waals surface area contributed by atoms with Gasteiger partial charge in [0.05, 0.1) is 6.61 Å². The lowest BCUT2D eigenvalue weighted by atomic mass is 10.1. The summed E-state index contributed by atoms with van der Waals surface area (Å²) in [5, 5.41) is 0. The minimum absolute atomic E-state index is 0.358. The summed E-state index contributed by atoms with van der Waals surface area (Å²) in [6, 6.07) is 0. The molecule has 26 heavy (non-hydrogen) atoms. The minimum Gasteiger partial charge on any atom is -0.453 e. The van der Waals surface area contributed by atoms with E-state index in [4.69, 9.17) is 28.4 Å². The Hall–Kier alpha value is -0.990. The molecule has 7 heteroatoms. The molecule has 0 aromatic rings. The zero-order valence-corrected chi connectivity index (χ0v) is 16.4. The smallest absolute Gasteiger partial charge is 0.330 e. The molecule has 7 nitrogen and oxygen atoms in total. The van der Waals surface area contributed by atoms with E-state index >= 15 is 0 Å². The highest BCUT2D eigenvalue weighted by Gasteiger charge is 2.59. The molecule has 5 atom stereocenters. The van der Waals surface area contributed by atoms with Crippen molar-refractivity contribution >= 4 is 5.97 Å². The second-order valence-corrected chi connectivity index (χ2v) is 8.37. The molecular weight excluding hydrogens is 340 g/mol. The van der Waals surface area contributed by atoms with E-state index in [1.165, 1.54) is 6.08 Å². The molecule has 0 radical (unpaired) electrons. The number of carbonyl (C=O) groups is 1. The van der Waals surface area contributed by atoms with Crippen LogP contribution in [-0.2, 0) is 33.2 Å². The van der Waals surface area contributed by atoms with Crippen LogP contribution in [0.2, 0.25) is 0 Å². The van der Waals surface area contributed by atoms with Gasteiger partial charge in [0.2, 0.25) is 0 Å². The maximum atomic E-state index is 12.3. The van der Waals surface area contributed by atoms with Gasteiger partial charge in [-0.1, -0.05) is 19.9 Å². The minimum atomic E-state index is -0.787. The molecule has 0 aromatic heterocycles. The van der Waals surface area contributed by atoms with Crippen LogP contribution in [0, 0.1) is 5.92 Å². The molecule has 0 saturated carbocycles. The Morgan fingerprint density at radius 2 is 1.85 bits per heavy atom. The number of ether oxygens (including phenoxy) is 6.